The maximum absolute atomic E-state index is 12.6. The minimum absolute atomic E-state index is 0.0116. The van der Waals surface area contributed by atoms with E-state index in [4.69, 9.17) is 4.74 Å². The molecule has 0 unspecified atom stereocenters. The lowest BCUT2D eigenvalue weighted by Crippen LogP contribution is -2.37. The van der Waals surface area contributed by atoms with Gasteiger partial charge in [-0.3, -0.25) is 10.00 Å². The predicted octanol–water partition coefficient (Wildman–Crippen LogP) is 1.95. The summed E-state index contributed by atoms with van der Waals surface area (Å²) in [6.07, 6.45) is 5.87. The summed E-state index contributed by atoms with van der Waals surface area (Å²) >= 11 is 0. The largest absolute Gasteiger partial charge is 0.384 e. The van der Waals surface area contributed by atoms with Crippen LogP contribution in [0.1, 0.15) is 31.4 Å². The molecule has 3 rings (SSSR count). The Morgan fingerprint density at radius 2 is 2.12 bits per heavy atom. The van der Waals surface area contributed by atoms with Crippen LogP contribution in [0.25, 0.3) is 0 Å². The lowest BCUT2D eigenvalue weighted by molar-refractivity contribution is 0.192. The van der Waals surface area contributed by atoms with Gasteiger partial charge in [0, 0.05) is 46.3 Å². The van der Waals surface area contributed by atoms with Gasteiger partial charge in [0.2, 0.25) is 0 Å². The summed E-state index contributed by atoms with van der Waals surface area (Å²) in [7, 11) is 3.54. The Balaban J connectivity index is 1.48. The highest BCUT2D eigenvalue weighted by Crippen LogP contribution is 2.21. The van der Waals surface area contributed by atoms with E-state index < -0.39 is 0 Å². The molecule has 140 valence electrons. The van der Waals surface area contributed by atoms with Crippen LogP contribution in [-0.4, -0.2) is 72.1 Å². The molecule has 7 heteroatoms. The maximum atomic E-state index is 12.6. The van der Waals surface area contributed by atoms with Gasteiger partial charge in [0.15, 0.2) is 0 Å². The van der Waals surface area contributed by atoms with E-state index in [9.17, 15) is 4.79 Å². The summed E-state index contributed by atoms with van der Waals surface area (Å²) < 4.78 is 6.81. The number of aromatic nitrogens is 2. The smallest absolute Gasteiger partial charge is 0.323 e. The number of methoxy groups -OCH3 is 1. The quantitative estimate of drug-likeness (QED) is 0.853. The molecule has 1 aromatic rings. The number of nitrogens with zero attached hydrogens (tertiary/aromatic N) is 4. The molecular formula is C18H31N5O2. The third kappa shape index (κ3) is 4.95. The Morgan fingerprint density at radius 1 is 1.32 bits per heavy atom. The van der Waals surface area contributed by atoms with E-state index in [2.05, 4.69) is 15.3 Å². The first-order valence-electron chi connectivity index (χ1n) is 9.46. The number of amides is 2. The highest BCUT2D eigenvalue weighted by molar-refractivity contribution is 5.88. The fraction of sp³-hybridized carbons (Fsp3) is 0.778. The summed E-state index contributed by atoms with van der Waals surface area (Å²) in [5.74, 6) is 1.35. The highest BCUT2D eigenvalue weighted by atomic mass is 16.5. The second-order valence-corrected chi connectivity index (χ2v) is 7.28. The molecule has 2 fully saturated rings. The van der Waals surface area contributed by atoms with E-state index in [1.165, 1.54) is 32.4 Å². The molecule has 2 aliphatic rings. The molecule has 1 aromatic heterocycles. The van der Waals surface area contributed by atoms with Gasteiger partial charge >= 0.3 is 6.03 Å². The van der Waals surface area contributed by atoms with Gasteiger partial charge < -0.3 is 14.5 Å². The standard InChI is InChI=1S/C18H31N5O2/c1-21-17(12-16(20-21)7-11-25-2)19-18(24)23-10-6-15(14-23)13-22-8-4-3-5-9-22/h12,15H,3-11,13-14H2,1-2H3,(H,19,24)/t15-/m1/s1. The van der Waals surface area contributed by atoms with Crippen molar-refractivity contribution in [3.05, 3.63) is 11.8 Å². The molecule has 0 radical (unpaired) electrons. The second kappa shape index (κ2) is 8.67. The van der Waals surface area contributed by atoms with E-state index in [1.807, 2.05) is 18.0 Å². The Hall–Kier alpha value is -1.60. The number of carbonyl (C=O) groups is 1. The van der Waals surface area contributed by atoms with Gasteiger partial charge in [0.1, 0.15) is 5.82 Å². The van der Waals surface area contributed by atoms with Gasteiger partial charge in [-0.25, -0.2) is 4.79 Å². The Morgan fingerprint density at radius 3 is 2.88 bits per heavy atom. The number of rotatable bonds is 6. The first kappa shape index (κ1) is 18.2. The Labute approximate surface area is 150 Å². The number of hydrogen-bond donors (Lipinski definition) is 1. The maximum Gasteiger partial charge on any atom is 0.323 e. The average Bonchev–Trinajstić information content (AvgIpc) is 3.21. The topological polar surface area (TPSA) is 62.6 Å². The molecule has 25 heavy (non-hydrogen) atoms. The van der Waals surface area contributed by atoms with Crippen molar-refractivity contribution in [1.82, 2.24) is 19.6 Å². The molecule has 3 heterocycles. The fourth-order valence-electron chi connectivity index (χ4n) is 3.83. The summed E-state index contributed by atoms with van der Waals surface area (Å²) in [6.45, 7) is 5.92. The number of hydrogen-bond acceptors (Lipinski definition) is 4. The van der Waals surface area contributed by atoms with Crippen molar-refractivity contribution in [1.29, 1.82) is 0 Å². The van der Waals surface area contributed by atoms with Crippen LogP contribution in [0, 0.1) is 5.92 Å². The number of carbonyl (C=O) groups excluding carboxylic acids is 1. The first-order valence-corrected chi connectivity index (χ1v) is 9.46. The fourth-order valence-corrected chi connectivity index (χ4v) is 3.83. The number of likely N-dealkylation sites (tertiary alicyclic amines) is 2. The van der Waals surface area contributed by atoms with Gasteiger partial charge in [0.25, 0.3) is 0 Å². The molecule has 7 nitrogen and oxygen atoms in total. The van der Waals surface area contributed by atoms with Gasteiger partial charge in [-0.1, -0.05) is 6.42 Å². The number of anilines is 1. The summed E-state index contributed by atoms with van der Waals surface area (Å²) in [6, 6.07) is 1.92. The molecule has 0 aliphatic carbocycles. The second-order valence-electron chi connectivity index (χ2n) is 7.28. The van der Waals surface area contributed by atoms with E-state index in [-0.39, 0.29) is 6.03 Å². The zero-order chi connectivity index (χ0) is 17.6. The molecule has 2 aliphatic heterocycles. The third-order valence-electron chi connectivity index (χ3n) is 5.27. The summed E-state index contributed by atoms with van der Waals surface area (Å²) in [5, 5.41) is 7.42. The molecule has 0 bridgehead atoms. The van der Waals surface area contributed by atoms with Crippen LogP contribution in [0.5, 0.6) is 0 Å². The number of urea groups is 1. The van der Waals surface area contributed by atoms with Crippen LogP contribution in [0.15, 0.2) is 6.07 Å². The third-order valence-corrected chi connectivity index (χ3v) is 5.27. The average molecular weight is 349 g/mol. The van der Waals surface area contributed by atoms with E-state index in [1.54, 1.807) is 11.8 Å². The van der Waals surface area contributed by atoms with Gasteiger partial charge in [-0.2, -0.15) is 5.10 Å². The van der Waals surface area contributed by atoms with E-state index >= 15 is 0 Å². The summed E-state index contributed by atoms with van der Waals surface area (Å²) in [5.41, 5.74) is 0.934. The Bertz CT molecular complexity index is 568. The van der Waals surface area contributed by atoms with E-state index in [0.29, 0.717) is 12.5 Å². The number of ether oxygens (including phenoxy) is 1. The van der Waals surface area contributed by atoms with Crippen LogP contribution in [-0.2, 0) is 18.2 Å². The van der Waals surface area contributed by atoms with Gasteiger partial charge in [-0.15, -0.1) is 0 Å². The van der Waals surface area contributed by atoms with Gasteiger partial charge in [0.05, 0.1) is 12.3 Å². The van der Waals surface area contributed by atoms with Crippen LogP contribution in [0.3, 0.4) is 0 Å². The number of piperidine rings is 1. The molecule has 2 saturated heterocycles. The summed E-state index contributed by atoms with van der Waals surface area (Å²) in [4.78, 5) is 17.1. The highest BCUT2D eigenvalue weighted by Gasteiger charge is 2.28. The minimum Gasteiger partial charge on any atom is -0.384 e. The van der Waals surface area contributed by atoms with Crippen LogP contribution in [0.4, 0.5) is 10.6 Å². The van der Waals surface area contributed by atoms with Crippen LogP contribution < -0.4 is 5.32 Å². The molecule has 1 N–H and O–H groups in total. The van der Waals surface area contributed by atoms with Crippen molar-refractivity contribution in [2.45, 2.75) is 32.1 Å². The molecule has 2 amide bonds. The zero-order valence-electron chi connectivity index (χ0n) is 15.5. The number of aryl methyl sites for hydroxylation is 1. The zero-order valence-corrected chi connectivity index (χ0v) is 15.5. The molecule has 0 aromatic carbocycles. The molecule has 0 spiro atoms. The molecule has 1 atom stereocenters. The Kier molecular flexibility index (Phi) is 6.31. The normalized spacial score (nSPS) is 21.7. The van der Waals surface area contributed by atoms with Crippen LogP contribution >= 0.6 is 0 Å². The van der Waals surface area contributed by atoms with Crippen molar-refractivity contribution in [3.8, 4) is 0 Å². The lowest BCUT2D eigenvalue weighted by Gasteiger charge is -2.29. The SMILES string of the molecule is COCCc1cc(NC(=O)N2CC[C@H](CN3CCCCC3)C2)n(C)n1. The van der Waals surface area contributed by atoms with Gasteiger partial charge in [-0.05, 0) is 38.3 Å². The molecule has 0 saturated carbocycles. The minimum atomic E-state index is -0.0116. The van der Waals surface area contributed by atoms with Crippen LogP contribution in [0.2, 0.25) is 0 Å². The monoisotopic (exact) mass is 349 g/mol. The predicted molar refractivity (Wildman–Crippen MR) is 97.8 cm³/mol. The lowest BCUT2D eigenvalue weighted by atomic mass is 10.1. The van der Waals surface area contributed by atoms with Crippen molar-refractivity contribution >= 4 is 11.8 Å². The van der Waals surface area contributed by atoms with Crippen molar-refractivity contribution in [2.75, 3.05) is 51.8 Å². The number of nitrogens with one attached hydrogen (secondary N) is 1. The van der Waals surface area contributed by atoms with E-state index in [0.717, 1.165) is 44.0 Å². The van der Waals surface area contributed by atoms with Crippen molar-refractivity contribution in [3.63, 3.8) is 0 Å². The van der Waals surface area contributed by atoms with Crippen molar-refractivity contribution in [2.24, 2.45) is 13.0 Å². The molecular weight excluding hydrogens is 318 g/mol. The van der Waals surface area contributed by atoms with Crippen molar-refractivity contribution < 1.29 is 9.53 Å². The first-order chi connectivity index (χ1) is 12.2.